The van der Waals surface area contributed by atoms with Gasteiger partial charge in [-0.25, -0.2) is 0 Å². The average Bonchev–Trinajstić information content (AvgIpc) is 3.13. The fourth-order valence-electron chi connectivity index (χ4n) is 3.14. The molecule has 0 atom stereocenters. The number of guanidine groups is 1. The highest BCUT2D eigenvalue weighted by Crippen LogP contribution is 2.14. The molecule has 7 heteroatoms. The van der Waals surface area contributed by atoms with E-state index in [9.17, 15) is 0 Å². The molecule has 154 valence electrons. The standard InChI is InChI=1S/C21H30N4O2.HI/c1-22-21(24-14-19-6-9-25(2)15-19)23-13-17-4-3-5-18(12-17)16-27-20-7-10-26-11-8-20;/h3-6,9,12,15,20H,7-8,10-11,13-14,16H2,1-2H3,(H2,22,23,24);1H. The van der Waals surface area contributed by atoms with E-state index < -0.39 is 0 Å². The van der Waals surface area contributed by atoms with Gasteiger partial charge in [-0.2, -0.15) is 0 Å². The maximum atomic E-state index is 6.02. The number of aryl methyl sites for hydroxylation is 1. The second-order valence-electron chi connectivity index (χ2n) is 6.91. The first-order valence-electron chi connectivity index (χ1n) is 9.55. The molecule has 0 unspecified atom stereocenters. The van der Waals surface area contributed by atoms with Crippen molar-refractivity contribution in [3.05, 3.63) is 59.4 Å². The van der Waals surface area contributed by atoms with Crippen molar-refractivity contribution in [2.75, 3.05) is 20.3 Å². The summed E-state index contributed by atoms with van der Waals surface area (Å²) in [6, 6.07) is 10.6. The molecule has 0 spiro atoms. The Kier molecular flexibility index (Phi) is 9.80. The van der Waals surface area contributed by atoms with Gasteiger partial charge >= 0.3 is 0 Å². The number of rotatable bonds is 7. The first-order valence-corrected chi connectivity index (χ1v) is 9.55. The predicted molar refractivity (Wildman–Crippen MR) is 123 cm³/mol. The van der Waals surface area contributed by atoms with Gasteiger partial charge in [-0.05, 0) is 35.6 Å². The van der Waals surface area contributed by atoms with Gasteiger partial charge in [0.1, 0.15) is 0 Å². The number of aliphatic imine (C=N–C) groups is 1. The second-order valence-corrected chi connectivity index (χ2v) is 6.91. The third kappa shape index (κ3) is 7.44. The lowest BCUT2D eigenvalue weighted by molar-refractivity contribution is -0.0390. The van der Waals surface area contributed by atoms with E-state index in [0.717, 1.165) is 45.1 Å². The van der Waals surface area contributed by atoms with Crippen molar-refractivity contribution in [3.8, 4) is 0 Å². The largest absolute Gasteiger partial charge is 0.381 e. The van der Waals surface area contributed by atoms with Crippen LogP contribution in [-0.4, -0.2) is 36.9 Å². The number of benzene rings is 1. The molecular weight excluding hydrogens is 467 g/mol. The fourth-order valence-corrected chi connectivity index (χ4v) is 3.14. The molecule has 28 heavy (non-hydrogen) atoms. The Morgan fingerprint density at radius 1 is 1.14 bits per heavy atom. The van der Waals surface area contributed by atoms with E-state index in [4.69, 9.17) is 9.47 Å². The lowest BCUT2D eigenvalue weighted by Crippen LogP contribution is -2.36. The minimum atomic E-state index is 0. The topological polar surface area (TPSA) is 59.8 Å². The minimum absolute atomic E-state index is 0. The van der Waals surface area contributed by atoms with E-state index in [2.05, 4.69) is 52.2 Å². The highest BCUT2D eigenvalue weighted by Gasteiger charge is 2.14. The Morgan fingerprint density at radius 3 is 2.54 bits per heavy atom. The van der Waals surface area contributed by atoms with Crippen molar-refractivity contribution in [3.63, 3.8) is 0 Å². The highest BCUT2D eigenvalue weighted by molar-refractivity contribution is 14.0. The Bertz CT molecular complexity index is 742. The van der Waals surface area contributed by atoms with Crippen molar-refractivity contribution in [2.24, 2.45) is 12.0 Å². The molecule has 2 N–H and O–H groups in total. The zero-order valence-corrected chi connectivity index (χ0v) is 19.0. The molecule has 1 fully saturated rings. The maximum Gasteiger partial charge on any atom is 0.191 e. The Morgan fingerprint density at radius 2 is 1.86 bits per heavy atom. The maximum absolute atomic E-state index is 6.02. The Labute approximate surface area is 184 Å². The van der Waals surface area contributed by atoms with E-state index in [1.165, 1.54) is 16.7 Å². The van der Waals surface area contributed by atoms with Crippen LogP contribution in [0.15, 0.2) is 47.7 Å². The lowest BCUT2D eigenvalue weighted by atomic mass is 10.1. The van der Waals surface area contributed by atoms with Crippen LogP contribution >= 0.6 is 24.0 Å². The molecule has 1 aromatic carbocycles. The Balaban J connectivity index is 0.00000280. The predicted octanol–water partition coefficient (Wildman–Crippen LogP) is 3.20. The molecule has 0 saturated carbocycles. The van der Waals surface area contributed by atoms with Crippen LogP contribution in [0.5, 0.6) is 0 Å². The molecule has 1 saturated heterocycles. The number of nitrogens with one attached hydrogen (secondary N) is 2. The zero-order chi connectivity index (χ0) is 18.9. The third-order valence-corrected chi connectivity index (χ3v) is 4.68. The Hall–Kier alpha value is -1.58. The first-order chi connectivity index (χ1) is 13.2. The van der Waals surface area contributed by atoms with Crippen molar-refractivity contribution < 1.29 is 9.47 Å². The summed E-state index contributed by atoms with van der Waals surface area (Å²) in [5.41, 5.74) is 3.64. The smallest absolute Gasteiger partial charge is 0.191 e. The van der Waals surface area contributed by atoms with E-state index in [0.29, 0.717) is 12.7 Å². The summed E-state index contributed by atoms with van der Waals surface area (Å²) in [6.07, 6.45) is 6.44. The van der Waals surface area contributed by atoms with Gasteiger partial charge in [-0.1, -0.05) is 24.3 Å². The molecular formula is C21H31IN4O2. The van der Waals surface area contributed by atoms with Crippen LogP contribution in [-0.2, 0) is 36.2 Å². The van der Waals surface area contributed by atoms with Gasteiger partial charge in [0, 0.05) is 52.8 Å². The van der Waals surface area contributed by atoms with Gasteiger partial charge in [0.05, 0.1) is 12.7 Å². The van der Waals surface area contributed by atoms with E-state index >= 15 is 0 Å². The first kappa shape index (κ1) is 22.7. The zero-order valence-electron chi connectivity index (χ0n) is 16.7. The molecule has 1 aliphatic heterocycles. The number of hydrogen-bond acceptors (Lipinski definition) is 3. The van der Waals surface area contributed by atoms with Crippen LogP contribution in [0.4, 0.5) is 0 Å². The molecule has 0 aliphatic carbocycles. The summed E-state index contributed by atoms with van der Waals surface area (Å²) in [6.45, 7) is 3.74. The van der Waals surface area contributed by atoms with E-state index in [1.54, 1.807) is 7.05 Å². The van der Waals surface area contributed by atoms with Crippen molar-refractivity contribution in [1.29, 1.82) is 0 Å². The van der Waals surface area contributed by atoms with Crippen LogP contribution in [0.1, 0.15) is 29.5 Å². The minimum Gasteiger partial charge on any atom is -0.381 e. The van der Waals surface area contributed by atoms with Crippen LogP contribution in [0, 0.1) is 0 Å². The van der Waals surface area contributed by atoms with Gasteiger partial charge in [-0.15, -0.1) is 24.0 Å². The summed E-state index contributed by atoms with van der Waals surface area (Å²) >= 11 is 0. The average molecular weight is 498 g/mol. The molecule has 6 nitrogen and oxygen atoms in total. The van der Waals surface area contributed by atoms with Crippen molar-refractivity contribution >= 4 is 29.9 Å². The summed E-state index contributed by atoms with van der Waals surface area (Å²) in [5, 5.41) is 6.71. The van der Waals surface area contributed by atoms with Crippen LogP contribution < -0.4 is 10.6 Å². The molecule has 2 heterocycles. The number of halogens is 1. The van der Waals surface area contributed by atoms with E-state index in [1.807, 2.05) is 17.8 Å². The SMILES string of the molecule is CN=C(NCc1cccc(COC2CCOCC2)c1)NCc1ccn(C)c1.I. The molecule has 0 bridgehead atoms. The monoisotopic (exact) mass is 498 g/mol. The molecule has 1 aromatic heterocycles. The van der Waals surface area contributed by atoms with Gasteiger partial charge in [0.25, 0.3) is 0 Å². The summed E-state index contributed by atoms with van der Waals surface area (Å²) in [7, 11) is 3.81. The molecule has 3 rings (SSSR count). The van der Waals surface area contributed by atoms with Gasteiger partial charge in [0.15, 0.2) is 5.96 Å². The number of ether oxygens (including phenoxy) is 2. The fraction of sp³-hybridized carbons (Fsp3) is 0.476. The van der Waals surface area contributed by atoms with Crippen molar-refractivity contribution in [2.45, 2.75) is 38.6 Å². The number of nitrogens with zero attached hydrogens (tertiary/aromatic N) is 2. The van der Waals surface area contributed by atoms with E-state index in [-0.39, 0.29) is 24.0 Å². The molecule has 1 aliphatic rings. The summed E-state index contributed by atoms with van der Waals surface area (Å²) in [4.78, 5) is 4.30. The lowest BCUT2D eigenvalue weighted by Gasteiger charge is -2.22. The molecule has 0 radical (unpaired) electrons. The van der Waals surface area contributed by atoms with Gasteiger partial charge in [-0.3, -0.25) is 4.99 Å². The summed E-state index contributed by atoms with van der Waals surface area (Å²) < 4.78 is 13.4. The number of aromatic nitrogens is 1. The molecule has 0 amide bonds. The molecule has 2 aromatic rings. The summed E-state index contributed by atoms with van der Waals surface area (Å²) in [5.74, 6) is 0.794. The van der Waals surface area contributed by atoms with Crippen molar-refractivity contribution in [1.82, 2.24) is 15.2 Å². The highest BCUT2D eigenvalue weighted by atomic mass is 127. The van der Waals surface area contributed by atoms with Gasteiger partial charge in [0.2, 0.25) is 0 Å². The third-order valence-electron chi connectivity index (χ3n) is 4.68. The van der Waals surface area contributed by atoms with Crippen LogP contribution in [0.25, 0.3) is 0 Å². The number of hydrogen-bond donors (Lipinski definition) is 2. The van der Waals surface area contributed by atoms with Gasteiger partial charge < -0.3 is 24.7 Å². The second kappa shape index (κ2) is 12.1. The van der Waals surface area contributed by atoms with Crippen LogP contribution in [0.3, 0.4) is 0 Å². The van der Waals surface area contributed by atoms with Crippen LogP contribution in [0.2, 0.25) is 0 Å². The normalized spacial score (nSPS) is 15.1. The quantitative estimate of drug-likeness (QED) is 0.350.